The van der Waals surface area contributed by atoms with Crippen LogP contribution in [0.4, 0.5) is 35.5 Å². The highest BCUT2D eigenvalue weighted by molar-refractivity contribution is 5.89. The molecule has 1 fully saturated rings. The predicted molar refractivity (Wildman–Crippen MR) is 109 cm³/mol. The van der Waals surface area contributed by atoms with Crippen molar-refractivity contribution in [3.63, 3.8) is 0 Å². The van der Waals surface area contributed by atoms with Crippen molar-refractivity contribution in [2.45, 2.75) is 32.2 Å². The topological polar surface area (TPSA) is 95.5 Å². The molecule has 0 aliphatic carbocycles. The molecule has 1 aliphatic heterocycles. The molecule has 3 rings (SSSR count). The van der Waals surface area contributed by atoms with Gasteiger partial charge in [-0.1, -0.05) is 0 Å². The van der Waals surface area contributed by atoms with Crippen molar-refractivity contribution in [3.8, 4) is 5.75 Å². The number of nitrogens with one attached hydrogen (secondary N) is 2. The fourth-order valence-electron chi connectivity index (χ4n) is 2.98. The number of benzene rings is 1. The zero-order chi connectivity index (χ0) is 22.4. The van der Waals surface area contributed by atoms with Gasteiger partial charge in [0.2, 0.25) is 11.9 Å². The van der Waals surface area contributed by atoms with E-state index in [-0.39, 0.29) is 12.3 Å². The molecule has 2 amide bonds. The first-order chi connectivity index (χ1) is 14.7. The molecule has 0 radical (unpaired) electrons. The molecule has 12 heteroatoms. The second-order valence-electron chi connectivity index (χ2n) is 7.17. The van der Waals surface area contributed by atoms with Crippen molar-refractivity contribution < 1.29 is 22.7 Å². The van der Waals surface area contributed by atoms with E-state index in [9.17, 15) is 18.0 Å². The first-order valence-corrected chi connectivity index (χ1v) is 9.77. The molecule has 2 N–H and O–H groups in total. The fourth-order valence-corrected chi connectivity index (χ4v) is 2.98. The van der Waals surface area contributed by atoms with Gasteiger partial charge in [0.1, 0.15) is 5.75 Å². The number of ether oxygens (including phenoxy) is 1. The lowest BCUT2D eigenvalue weighted by Crippen LogP contribution is -2.33. The maximum Gasteiger partial charge on any atom is 0.573 e. The summed E-state index contributed by atoms with van der Waals surface area (Å²) in [5, 5.41) is 5.18. The average molecular weight is 439 g/mol. The Balaban J connectivity index is 1.60. The second-order valence-corrected chi connectivity index (χ2v) is 7.17. The number of anilines is 3. The van der Waals surface area contributed by atoms with Gasteiger partial charge in [-0.05, 0) is 43.5 Å². The normalized spacial score (nSPS) is 14.2. The number of rotatable bonds is 6. The second kappa shape index (κ2) is 9.67. The van der Waals surface area contributed by atoms with Gasteiger partial charge in [0.05, 0.1) is 6.54 Å². The predicted octanol–water partition coefficient (Wildman–Crippen LogP) is 3.15. The third-order valence-corrected chi connectivity index (χ3v) is 4.45. The van der Waals surface area contributed by atoms with E-state index in [1.165, 1.54) is 18.6 Å². The Bertz CT molecular complexity index is 885. The zero-order valence-corrected chi connectivity index (χ0v) is 17.2. The van der Waals surface area contributed by atoms with Crippen molar-refractivity contribution >= 4 is 23.6 Å². The fraction of sp³-hybridized carbons (Fsp3) is 0.474. The van der Waals surface area contributed by atoms with Gasteiger partial charge in [-0.3, -0.25) is 0 Å². The van der Waals surface area contributed by atoms with Crippen LogP contribution in [0, 0.1) is 0 Å². The minimum Gasteiger partial charge on any atom is -0.406 e. The van der Waals surface area contributed by atoms with Crippen LogP contribution in [-0.4, -0.2) is 54.5 Å². The molecule has 1 saturated heterocycles. The third-order valence-electron chi connectivity index (χ3n) is 4.45. The standard InChI is InChI=1S/C19H24F3N7O2/c1-28(2)16-25-15(26-17(27-16)29-10-4-3-5-11-29)12-23-18(30)24-13-6-8-14(9-7-13)31-19(20,21)22/h6-9H,3-5,10-12H2,1-2H3,(H2,23,24,30). The molecule has 0 bridgehead atoms. The number of hydrogen-bond donors (Lipinski definition) is 2. The maximum absolute atomic E-state index is 12.2. The zero-order valence-electron chi connectivity index (χ0n) is 17.2. The summed E-state index contributed by atoms with van der Waals surface area (Å²) in [5.41, 5.74) is 0.311. The minimum absolute atomic E-state index is 0.0608. The van der Waals surface area contributed by atoms with E-state index in [2.05, 4.69) is 35.2 Å². The SMILES string of the molecule is CN(C)c1nc(CNC(=O)Nc2ccc(OC(F)(F)F)cc2)nc(N2CCCCC2)n1. The van der Waals surface area contributed by atoms with Gasteiger partial charge in [0.25, 0.3) is 0 Å². The highest BCUT2D eigenvalue weighted by Crippen LogP contribution is 2.24. The van der Waals surface area contributed by atoms with E-state index < -0.39 is 12.4 Å². The van der Waals surface area contributed by atoms with Crippen molar-refractivity contribution in [2.24, 2.45) is 0 Å². The molecule has 2 heterocycles. The Morgan fingerprint density at radius 1 is 1.10 bits per heavy atom. The number of piperidine rings is 1. The maximum atomic E-state index is 12.2. The van der Waals surface area contributed by atoms with Gasteiger partial charge >= 0.3 is 12.4 Å². The van der Waals surface area contributed by atoms with E-state index in [1.807, 2.05) is 14.1 Å². The molecule has 0 atom stereocenters. The Kier molecular flexibility index (Phi) is 6.98. The monoisotopic (exact) mass is 439 g/mol. The molecule has 1 aromatic heterocycles. The average Bonchev–Trinajstić information content (AvgIpc) is 2.73. The van der Waals surface area contributed by atoms with Gasteiger partial charge in [-0.25, -0.2) is 4.79 Å². The quantitative estimate of drug-likeness (QED) is 0.714. The van der Waals surface area contributed by atoms with Crippen LogP contribution in [0.2, 0.25) is 0 Å². The molecule has 9 nitrogen and oxygen atoms in total. The summed E-state index contributed by atoms with van der Waals surface area (Å²) in [4.78, 5) is 29.4. The van der Waals surface area contributed by atoms with E-state index in [0.717, 1.165) is 38.1 Å². The largest absolute Gasteiger partial charge is 0.573 e. The van der Waals surface area contributed by atoms with Crippen LogP contribution in [0.25, 0.3) is 0 Å². The molecule has 1 aromatic carbocycles. The molecular formula is C19H24F3N7O2. The van der Waals surface area contributed by atoms with Crippen LogP contribution in [0.1, 0.15) is 25.1 Å². The lowest BCUT2D eigenvalue weighted by Gasteiger charge is -2.27. The smallest absolute Gasteiger partial charge is 0.406 e. The summed E-state index contributed by atoms with van der Waals surface area (Å²) in [5.74, 6) is 1.11. The molecule has 2 aromatic rings. The van der Waals surface area contributed by atoms with Crippen LogP contribution >= 0.6 is 0 Å². The summed E-state index contributed by atoms with van der Waals surface area (Å²) in [7, 11) is 3.65. The van der Waals surface area contributed by atoms with Crippen molar-refractivity contribution in [1.82, 2.24) is 20.3 Å². The Morgan fingerprint density at radius 3 is 2.39 bits per heavy atom. The van der Waals surface area contributed by atoms with Crippen LogP contribution in [0.3, 0.4) is 0 Å². The van der Waals surface area contributed by atoms with Crippen molar-refractivity contribution in [2.75, 3.05) is 42.3 Å². The highest BCUT2D eigenvalue weighted by atomic mass is 19.4. The van der Waals surface area contributed by atoms with Gasteiger partial charge in [-0.2, -0.15) is 15.0 Å². The number of alkyl halides is 3. The summed E-state index contributed by atoms with van der Waals surface area (Å²) >= 11 is 0. The minimum atomic E-state index is -4.77. The molecule has 168 valence electrons. The van der Waals surface area contributed by atoms with E-state index >= 15 is 0 Å². The molecule has 0 saturated carbocycles. The van der Waals surface area contributed by atoms with Crippen LogP contribution in [0.5, 0.6) is 5.75 Å². The molecular weight excluding hydrogens is 415 g/mol. The molecule has 31 heavy (non-hydrogen) atoms. The van der Waals surface area contributed by atoms with Gasteiger partial charge in [0, 0.05) is 32.9 Å². The summed E-state index contributed by atoms with van der Waals surface area (Å²) in [6, 6.07) is 4.30. The van der Waals surface area contributed by atoms with Crippen molar-refractivity contribution in [1.29, 1.82) is 0 Å². The number of halogens is 3. The number of amides is 2. The Labute approximate surface area is 177 Å². The van der Waals surface area contributed by atoms with Gasteiger partial charge in [0.15, 0.2) is 5.82 Å². The summed E-state index contributed by atoms with van der Waals surface area (Å²) < 4.78 is 40.4. The van der Waals surface area contributed by atoms with Crippen LogP contribution in [0.15, 0.2) is 24.3 Å². The van der Waals surface area contributed by atoms with Gasteiger partial charge < -0.3 is 25.2 Å². The number of hydrogen-bond acceptors (Lipinski definition) is 7. The Hall–Kier alpha value is -3.31. The van der Waals surface area contributed by atoms with Crippen LogP contribution < -0.4 is 25.2 Å². The molecule has 1 aliphatic rings. The van der Waals surface area contributed by atoms with E-state index in [1.54, 1.807) is 4.90 Å². The first-order valence-electron chi connectivity index (χ1n) is 9.77. The van der Waals surface area contributed by atoms with E-state index in [4.69, 9.17) is 0 Å². The molecule has 0 spiro atoms. The van der Waals surface area contributed by atoms with Gasteiger partial charge in [-0.15, -0.1) is 13.2 Å². The summed E-state index contributed by atoms with van der Waals surface area (Å²) in [6.45, 7) is 1.81. The number of aromatic nitrogens is 3. The van der Waals surface area contributed by atoms with E-state index in [0.29, 0.717) is 23.4 Å². The number of nitrogens with zero attached hydrogens (tertiary/aromatic N) is 5. The highest BCUT2D eigenvalue weighted by Gasteiger charge is 2.31. The Morgan fingerprint density at radius 2 is 1.77 bits per heavy atom. The molecule has 0 unspecified atom stereocenters. The number of urea groups is 1. The first kappa shape index (κ1) is 22.4. The van der Waals surface area contributed by atoms with Crippen molar-refractivity contribution in [3.05, 3.63) is 30.1 Å². The number of carbonyl (C=O) groups excluding carboxylic acids is 1. The number of carbonyl (C=O) groups is 1. The third kappa shape index (κ3) is 6.86. The lowest BCUT2D eigenvalue weighted by molar-refractivity contribution is -0.274. The lowest BCUT2D eigenvalue weighted by atomic mass is 10.1. The summed E-state index contributed by atoms with van der Waals surface area (Å²) in [6.07, 6.45) is -1.44. The van der Waals surface area contributed by atoms with Crippen LogP contribution in [-0.2, 0) is 6.54 Å².